The van der Waals surface area contributed by atoms with Crippen LogP contribution in [0.15, 0.2) is 0 Å². The van der Waals surface area contributed by atoms with Crippen molar-refractivity contribution in [1.82, 2.24) is 10.2 Å². The number of hydrogen-bond acceptors (Lipinski definition) is 6. The van der Waals surface area contributed by atoms with Crippen LogP contribution in [0.4, 0.5) is 4.79 Å². The summed E-state index contributed by atoms with van der Waals surface area (Å²) in [6.07, 6.45) is -0.997. The van der Waals surface area contributed by atoms with Gasteiger partial charge in [0.2, 0.25) is 5.91 Å². The molecule has 17 heavy (non-hydrogen) atoms. The number of amides is 2. The Hall–Kier alpha value is -1.18. The Morgan fingerprint density at radius 1 is 1.59 bits per heavy atom. The predicted molar refractivity (Wildman–Crippen MR) is 58.4 cm³/mol. The van der Waals surface area contributed by atoms with E-state index in [9.17, 15) is 9.59 Å². The van der Waals surface area contributed by atoms with Gasteiger partial charge in [0, 0.05) is 13.1 Å². The number of hydrogen-bond donors (Lipinski definition) is 2. The number of alkyl carbamates (subject to hydrolysis) is 1. The molecule has 0 aromatic heterocycles. The van der Waals surface area contributed by atoms with Gasteiger partial charge in [0.15, 0.2) is 0 Å². The minimum atomic E-state index is -0.732. The number of imide groups is 1. The van der Waals surface area contributed by atoms with Gasteiger partial charge in [-0.25, -0.2) is 4.79 Å². The van der Waals surface area contributed by atoms with Crippen LogP contribution < -0.4 is 5.32 Å². The molecule has 0 saturated carbocycles. The summed E-state index contributed by atoms with van der Waals surface area (Å²) in [6, 6.07) is 0. The van der Waals surface area contributed by atoms with Gasteiger partial charge in [0.05, 0.1) is 32.5 Å². The molecule has 7 nitrogen and oxygen atoms in total. The highest BCUT2D eigenvalue weighted by atomic mass is 16.5. The fourth-order valence-corrected chi connectivity index (χ4v) is 1.56. The number of ether oxygens (including phenoxy) is 2. The monoisotopic (exact) mass is 246 g/mol. The summed E-state index contributed by atoms with van der Waals surface area (Å²) in [5.41, 5.74) is 0. The molecule has 1 aliphatic heterocycles. The molecule has 2 N–H and O–H groups in total. The van der Waals surface area contributed by atoms with E-state index in [0.717, 1.165) is 0 Å². The summed E-state index contributed by atoms with van der Waals surface area (Å²) in [4.78, 5) is 24.2. The third-order valence-corrected chi connectivity index (χ3v) is 2.31. The minimum absolute atomic E-state index is 0.0734. The maximum absolute atomic E-state index is 11.4. The highest BCUT2D eigenvalue weighted by molar-refractivity contribution is 5.92. The van der Waals surface area contributed by atoms with Crippen molar-refractivity contribution in [1.29, 1.82) is 0 Å². The third kappa shape index (κ3) is 5.12. The molecular formula is C10H18N2O5. The Kier molecular flexibility index (Phi) is 5.88. The number of nitrogens with zero attached hydrogens (tertiary/aromatic N) is 1. The maximum atomic E-state index is 11.4. The number of carbonyl (C=O) groups excluding carboxylic acids is 2. The first-order chi connectivity index (χ1) is 8.15. The third-order valence-electron chi connectivity index (χ3n) is 2.31. The molecule has 0 aliphatic carbocycles. The van der Waals surface area contributed by atoms with Crippen molar-refractivity contribution < 1.29 is 24.2 Å². The molecule has 0 spiro atoms. The van der Waals surface area contributed by atoms with Gasteiger partial charge in [-0.3, -0.25) is 15.0 Å². The van der Waals surface area contributed by atoms with Crippen molar-refractivity contribution >= 4 is 12.0 Å². The molecule has 0 aromatic rings. The Balaban J connectivity index is 2.28. The van der Waals surface area contributed by atoms with E-state index in [4.69, 9.17) is 9.84 Å². The number of carbonyl (C=O) groups is 2. The molecule has 0 aromatic carbocycles. The Morgan fingerprint density at radius 3 is 3.00 bits per heavy atom. The van der Waals surface area contributed by atoms with Crippen LogP contribution in [-0.2, 0) is 14.3 Å². The summed E-state index contributed by atoms with van der Waals surface area (Å²) >= 11 is 0. The lowest BCUT2D eigenvalue weighted by Crippen LogP contribution is -2.48. The van der Waals surface area contributed by atoms with E-state index in [2.05, 4.69) is 10.1 Å². The quantitative estimate of drug-likeness (QED) is 0.658. The van der Waals surface area contributed by atoms with Crippen LogP contribution in [0, 0.1) is 0 Å². The van der Waals surface area contributed by atoms with E-state index in [-0.39, 0.29) is 25.9 Å². The largest absolute Gasteiger partial charge is 0.450 e. The van der Waals surface area contributed by atoms with Gasteiger partial charge in [0.1, 0.15) is 0 Å². The molecule has 7 heteroatoms. The second kappa shape index (κ2) is 7.21. The minimum Gasteiger partial charge on any atom is -0.450 e. The molecule has 98 valence electrons. The van der Waals surface area contributed by atoms with Gasteiger partial charge in [0.25, 0.3) is 0 Å². The molecule has 1 fully saturated rings. The van der Waals surface area contributed by atoms with E-state index in [1.807, 2.05) is 4.90 Å². The molecule has 0 radical (unpaired) electrons. The topological polar surface area (TPSA) is 88.1 Å². The summed E-state index contributed by atoms with van der Waals surface area (Å²) in [6.45, 7) is 3.47. The average Bonchev–Trinajstić information content (AvgIpc) is 2.29. The van der Waals surface area contributed by atoms with Gasteiger partial charge in [-0.2, -0.15) is 0 Å². The standard InChI is InChI=1S/C10H18N2O5/c1-2-16-10(15)11-9(14)6-12-3-4-17-8(5-12)7-13/h8,13H,2-7H2,1H3,(H,11,14,15). The summed E-state index contributed by atoms with van der Waals surface area (Å²) < 4.78 is 9.83. The molecule has 2 amide bonds. The van der Waals surface area contributed by atoms with Crippen LogP contribution in [0.25, 0.3) is 0 Å². The molecular weight excluding hydrogens is 228 g/mol. The SMILES string of the molecule is CCOC(=O)NC(=O)CN1CCOC(CO)C1. The zero-order valence-corrected chi connectivity index (χ0v) is 9.85. The number of rotatable bonds is 4. The highest BCUT2D eigenvalue weighted by Gasteiger charge is 2.22. The molecule has 1 heterocycles. The first-order valence-electron chi connectivity index (χ1n) is 5.57. The Labute approximate surface area is 99.7 Å². The van der Waals surface area contributed by atoms with Crippen molar-refractivity contribution in [2.75, 3.05) is 39.5 Å². The zero-order chi connectivity index (χ0) is 12.7. The van der Waals surface area contributed by atoms with E-state index in [1.165, 1.54) is 0 Å². The van der Waals surface area contributed by atoms with Gasteiger partial charge >= 0.3 is 6.09 Å². The van der Waals surface area contributed by atoms with Crippen LogP contribution >= 0.6 is 0 Å². The number of aliphatic hydroxyl groups is 1. The Morgan fingerprint density at radius 2 is 2.35 bits per heavy atom. The molecule has 1 aliphatic rings. The first kappa shape index (κ1) is 13.9. The van der Waals surface area contributed by atoms with Crippen LogP contribution in [0.2, 0.25) is 0 Å². The van der Waals surface area contributed by atoms with Crippen molar-refractivity contribution in [2.45, 2.75) is 13.0 Å². The lowest BCUT2D eigenvalue weighted by atomic mass is 10.3. The highest BCUT2D eigenvalue weighted by Crippen LogP contribution is 2.03. The van der Waals surface area contributed by atoms with Crippen LogP contribution in [0.3, 0.4) is 0 Å². The maximum Gasteiger partial charge on any atom is 0.413 e. The molecule has 1 rings (SSSR count). The lowest BCUT2D eigenvalue weighted by molar-refractivity contribution is -0.124. The van der Waals surface area contributed by atoms with Gasteiger partial charge in [-0.05, 0) is 6.92 Å². The number of morpholine rings is 1. The van der Waals surface area contributed by atoms with Crippen LogP contribution in [0.1, 0.15) is 6.92 Å². The van der Waals surface area contributed by atoms with Crippen molar-refractivity contribution in [2.24, 2.45) is 0 Å². The van der Waals surface area contributed by atoms with Gasteiger partial charge in [-0.1, -0.05) is 0 Å². The second-order valence-corrected chi connectivity index (χ2v) is 3.68. The second-order valence-electron chi connectivity index (χ2n) is 3.68. The summed E-state index contributed by atoms with van der Waals surface area (Å²) in [7, 11) is 0. The number of nitrogens with one attached hydrogen (secondary N) is 1. The molecule has 1 atom stereocenters. The van der Waals surface area contributed by atoms with E-state index in [1.54, 1.807) is 6.92 Å². The first-order valence-corrected chi connectivity index (χ1v) is 5.57. The normalized spacial score (nSPS) is 20.9. The van der Waals surface area contributed by atoms with E-state index in [0.29, 0.717) is 19.7 Å². The average molecular weight is 246 g/mol. The summed E-state index contributed by atoms with van der Waals surface area (Å²) in [5, 5.41) is 11.0. The van der Waals surface area contributed by atoms with Gasteiger partial charge in [-0.15, -0.1) is 0 Å². The van der Waals surface area contributed by atoms with Crippen LogP contribution in [-0.4, -0.2) is 67.6 Å². The van der Waals surface area contributed by atoms with Crippen molar-refractivity contribution in [3.8, 4) is 0 Å². The fourth-order valence-electron chi connectivity index (χ4n) is 1.56. The fraction of sp³-hybridized carbons (Fsp3) is 0.800. The van der Waals surface area contributed by atoms with Crippen LogP contribution in [0.5, 0.6) is 0 Å². The Bertz CT molecular complexity index is 271. The summed E-state index contributed by atoms with van der Waals surface area (Å²) in [5.74, 6) is -0.415. The van der Waals surface area contributed by atoms with E-state index < -0.39 is 12.0 Å². The van der Waals surface area contributed by atoms with Gasteiger partial charge < -0.3 is 14.6 Å². The van der Waals surface area contributed by atoms with E-state index >= 15 is 0 Å². The number of aliphatic hydroxyl groups excluding tert-OH is 1. The molecule has 0 bridgehead atoms. The lowest BCUT2D eigenvalue weighted by Gasteiger charge is -2.31. The molecule has 1 saturated heterocycles. The zero-order valence-electron chi connectivity index (χ0n) is 9.85. The smallest absolute Gasteiger partial charge is 0.413 e. The molecule has 1 unspecified atom stereocenters. The van der Waals surface area contributed by atoms with Crippen molar-refractivity contribution in [3.63, 3.8) is 0 Å². The van der Waals surface area contributed by atoms with Crippen molar-refractivity contribution in [3.05, 3.63) is 0 Å². The predicted octanol–water partition coefficient (Wildman–Crippen LogP) is -1.05.